The molecule has 100 valence electrons. The van der Waals surface area contributed by atoms with Gasteiger partial charge in [-0.3, -0.25) is 10.1 Å². The van der Waals surface area contributed by atoms with Crippen LogP contribution in [0.2, 0.25) is 0 Å². The average molecular weight is 269 g/mol. The second-order valence-electron chi connectivity index (χ2n) is 4.47. The minimum absolute atomic E-state index is 0.117. The highest BCUT2D eigenvalue weighted by atomic mass is 16.6. The molecule has 0 radical (unpaired) electrons. The number of nitrogens with zero attached hydrogens (tertiary/aromatic N) is 2. The van der Waals surface area contributed by atoms with E-state index in [9.17, 15) is 10.1 Å². The Morgan fingerprint density at radius 2 is 2.10 bits per heavy atom. The van der Waals surface area contributed by atoms with Crippen LogP contribution in [0, 0.1) is 17.0 Å². The fraction of sp³-hybridized carbons (Fsp3) is 0.0714. The molecule has 1 aromatic heterocycles. The molecule has 0 aliphatic heterocycles. The van der Waals surface area contributed by atoms with E-state index in [-0.39, 0.29) is 11.4 Å². The Hall–Kier alpha value is -2.89. The summed E-state index contributed by atoms with van der Waals surface area (Å²) in [5, 5.41) is 10.9. The van der Waals surface area contributed by atoms with Gasteiger partial charge in [-0.1, -0.05) is 12.1 Å². The van der Waals surface area contributed by atoms with Gasteiger partial charge < -0.3 is 10.2 Å². The predicted molar refractivity (Wildman–Crippen MR) is 75.2 cm³/mol. The van der Waals surface area contributed by atoms with Gasteiger partial charge in [-0.25, -0.2) is 4.98 Å². The van der Waals surface area contributed by atoms with E-state index in [0.717, 1.165) is 11.1 Å². The van der Waals surface area contributed by atoms with Gasteiger partial charge in [0.1, 0.15) is 11.2 Å². The maximum atomic E-state index is 10.9. The van der Waals surface area contributed by atoms with Crippen LogP contribution in [0.5, 0.6) is 0 Å². The van der Waals surface area contributed by atoms with Crippen molar-refractivity contribution in [2.24, 2.45) is 0 Å². The summed E-state index contributed by atoms with van der Waals surface area (Å²) in [6.45, 7) is 1.93. The van der Waals surface area contributed by atoms with Crippen molar-refractivity contribution in [3.8, 4) is 11.5 Å². The SMILES string of the molecule is Cc1cccc2oc(-c3ccc(N)c([N+](=O)[O-])c3)nc12. The number of nitro benzene ring substituents is 1. The fourth-order valence-electron chi connectivity index (χ4n) is 2.04. The molecule has 0 fully saturated rings. The standard InChI is InChI=1S/C14H11N3O3/c1-8-3-2-4-12-13(8)16-14(20-12)9-5-6-10(15)11(7-9)17(18)19/h2-7H,15H2,1H3. The first-order valence-corrected chi connectivity index (χ1v) is 5.96. The summed E-state index contributed by atoms with van der Waals surface area (Å²) in [6, 6.07) is 10.1. The summed E-state index contributed by atoms with van der Waals surface area (Å²) >= 11 is 0. The number of oxazole rings is 1. The van der Waals surface area contributed by atoms with Crippen LogP contribution in [0.15, 0.2) is 40.8 Å². The lowest BCUT2D eigenvalue weighted by Crippen LogP contribution is -1.95. The Kier molecular flexibility index (Phi) is 2.64. The van der Waals surface area contributed by atoms with Crippen LogP contribution in [0.4, 0.5) is 11.4 Å². The van der Waals surface area contributed by atoms with Crippen molar-refractivity contribution in [1.82, 2.24) is 4.98 Å². The Morgan fingerprint density at radius 3 is 2.80 bits per heavy atom. The zero-order valence-electron chi connectivity index (χ0n) is 10.7. The predicted octanol–water partition coefficient (Wildman–Crippen LogP) is 3.29. The summed E-state index contributed by atoms with van der Waals surface area (Å²) in [5.74, 6) is 0.345. The average Bonchev–Trinajstić information content (AvgIpc) is 2.84. The second-order valence-corrected chi connectivity index (χ2v) is 4.47. The summed E-state index contributed by atoms with van der Waals surface area (Å²) in [6.07, 6.45) is 0. The topological polar surface area (TPSA) is 95.2 Å². The number of nitrogen functional groups attached to an aromatic ring is 1. The molecule has 1 heterocycles. The molecule has 0 atom stereocenters. The number of benzene rings is 2. The molecule has 6 nitrogen and oxygen atoms in total. The minimum atomic E-state index is -0.521. The highest BCUT2D eigenvalue weighted by Crippen LogP contribution is 2.30. The number of anilines is 1. The van der Waals surface area contributed by atoms with Gasteiger partial charge in [-0.05, 0) is 30.7 Å². The van der Waals surface area contributed by atoms with Gasteiger partial charge in [0, 0.05) is 11.6 Å². The number of nitrogens with two attached hydrogens (primary N) is 1. The van der Waals surface area contributed by atoms with Crippen molar-refractivity contribution >= 4 is 22.5 Å². The van der Waals surface area contributed by atoms with Crippen LogP contribution >= 0.6 is 0 Å². The summed E-state index contributed by atoms with van der Waals surface area (Å²) in [7, 11) is 0. The van der Waals surface area contributed by atoms with Crippen molar-refractivity contribution in [3.05, 3.63) is 52.1 Å². The van der Waals surface area contributed by atoms with Gasteiger partial charge in [-0.15, -0.1) is 0 Å². The van der Waals surface area contributed by atoms with E-state index in [0.29, 0.717) is 17.0 Å². The second kappa shape index (κ2) is 4.34. The number of fused-ring (bicyclic) bond motifs is 1. The number of hydrogen-bond donors (Lipinski definition) is 1. The number of aromatic nitrogens is 1. The Balaban J connectivity index is 2.18. The smallest absolute Gasteiger partial charge is 0.292 e. The lowest BCUT2D eigenvalue weighted by molar-refractivity contribution is -0.383. The molecule has 0 aliphatic carbocycles. The van der Waals surface area contributed by atoms with Crippen molar-refractivity contribution in [2.75, 3.05) is 5.73 Å². The molecule has 2 N–H and O–H groups in total. The number of rotatable bonds is 2. The highest BCUT2D eigenvalue weighted by Gasteiger charge is 2.16. The van der Waals surface area contributed by atoms with E-state index >= 15 is 0 Å². The molecule has 3 aromatic rings. The molecule has 3 rings (SSSR count). The molecule has 0 bridgehead atoms. The number of hydrogen-bond acceptors (Lipinski definition) is 5. The van der Waals surface area contributed by atoms with E-state index in [2.05, 4.69) is 4.98 Å². The van der Waals surface area contributed by atoms with Gasteiger partial charge in [0.25, 0.3) is 5.69 Å². The first-order chi connectivity index (χ1) is 9.56. The molecule has 2 aromatic carbocycles. The van der Waals surface area contributed by atoms with Crippen molar-refractivity contribution < 1.29 is 9.34 Å². The van der Waals surface area contributed by atoms with Gasteiger partial charge in [0.2, 0.25) is 5.89 Å². The quantitative estimate of drug-likeness (QED) is 0.437. The lowest BCUT2D eigenvalue weighted by atomic mass is 10.2. The van der Waals surface area contributed by atoms with E-state index in [1.807, 2.05) is 25.1 Å². The van der Waals surface area contributed by atoms with Crippen molar-refractivity contribution in [3.63, 3.8) is 0 Å². The number of aryl methyl sites for hydroxylation is 1. The largest absolute Gasteiger partial charge is 0.436 e. The van der Waals surface area contributed by atoms with Crippen LogP contribution in [-0.2, 0) is 0 Å². The van der Waals surface area contributed by atoms with E-state index in [4.69, 9.17) is 10.2 Å². The third kappa shape index (κ3) is 1.87. The van der Waals surface area contributed by atoms with E-state index < -0.39 is 4.92 Å². The zero-order valence-corrected chi connectivity index (χ0v) is 10.7. The maximum Gasteiger partial charge on any atom is 0.292 e. The fourth-order valence-corrected chi connectivity index (χ4v) is 2.04. The molecule has 0 saturated carbocycles. The molecule has 0 spiro atoms. The molecule has 0 saturated heterocycles. The third-order valence-corrected chi connectivity index (χ3v) is 3.09. The van der Waals surface area contributed by atoms with Gasteiger partial charge in [-0.2, -0.15) is 0 Å². The summed E-state index contributed by atoms with van der Waals surface area (Å²) < 4.78 is 5.63. The van der Waals surface area contributed by atoms with Crippen LogP contribution in [0.25, 0.3) is 22.6 Å². The van der Waals surface area contributed by atoms with Crippen LogP contribution in [0.3, 0.4) is 0 Å². The summed E-state index contributed by atoms with van der Waals surface area (Å²) in [5.41, 5.74) is 8.46. The van der Waals surface area contributed by atoms with E-state index in [1.54, 1.807) is 6.07 Å². The summed E-state index contributed by atoms with van der Waals surface area (Å²) in [4.78, 5) is 14.8. The zero-order chi connectivity index (χ0) is 14.3. The van der Waals surface area contributed by atoms with Crippen LogP contribution in [-0.4, -0.2) is 9.91 Å². The van der Waals surface area contributed by atoms with Gasteiger partial charge in [0.05, 0.1) is 4.92 Å². The van der Waals surface area contributed by atoms with Crippen LogP contribution < -0.4 is 5.73 Å². The van der Waals surface area contributed by atoms with Crippen LogP contribution in [0.1, 0.15) is 5.56 Å². The minimum Gasteiger partial charge on any atom is -0.436 e. The first-order valence-electron chi connectivity index (χ1n) is 5.96. The molecule has 0 amide bonds. The van der Waals surface area contributed by atoms with E-state index in [1.165, 1.54) is 12.1 Å². The number of para-hydroxylation sites is 1. The lowest BCUT2D eigenvalue weighted by Gasteiger charge is -1.99. The maximum absolute atomic E-state index is 10.9. The Bertz CT molecular complexity index is 824. The monoisotopic (exact) mass is 269 g/mol. The first kappa shape index (κ1) is 12.2. The molecular weight excluding hydrogens is 258 g/mol. The molecule has 0 aliphatic rings. The molecule has 20 heavy (non-hydrogen) atoms. The Labute approximate surface area is 114 Å². The van der Waals surface area contributed by atoms with Crippen molar-refractivity contribution in [1.29, 1.82) is 0 Å². The number of nitro groups is 1. The van der Waals surface area contributed by atoms with Crippen molar-refractivity contribution in [2.45, 2.75) is 6.92 Å². The third-order valence-electron chi connectivity index (χ3n) is 3.09. The normalized spacial score (nSPS) is 10.8. The highest BCUT2D eigenvalue weighted by molar-refractivity contribution is 5.80. The van der Waals surface area contributed by atoms with Gasteiger partial charge in [0.15, 0.2) is 5.58 Å². The Morgan fingerprint density at radius 1 is 1.30 bits per heavy atom. The molecule has 6 heteroatoms. The van der Waals surface area contributed by atoms with Gasteiger partial charge >= 0.3 is 0 Å². The molecule has 0 unspecified atom stereocenters. The molecular formula is C14H11N3O3.